The van der Waals surface area contributed by atoms with Crippen molar-refractivity contribution in [1.82, 2.24) is 0 Å². The maximum atomic E-state index is 9.21. The standard InChI is InChI=1S/C10H13BrO2/c1-7-2-3-8(5-10(7)11)4-9(13)6-12/h2-3,5,9,12-13H,4,6H2,1H3. The van der Waals surface area contributed by atoms with Crippen LogP contribution in [0.3, 0.4) is 0 Å². The highest BCUT2D eigenvalue weighted by atomic mass is 79.9. The van der Waals surface area contributed by atoms with Crippen LogP contribution in [0.15, 0.2) is 22.7 Å². The zero-order valence-electron chi connectivity index (χ0n) is 7.50. The van der Waals surface area contributed by atoms with Gasteiger partial charge in [0, 0.05) is 10.9 Å². The van der Waals surface area contributed by atoms with Gasteiger partial charge in [-0.2, -0.15) is 0 Å². The number of aliphatic hydroxyl groups is 2. The van der Waals surface area contributed by atoms with Crippen molar-refractivity contribution < 1.29 is 10.2 Å². The number of hydrogen-bond acceptors (Lipinski definition) is 2. The zero-order chi connectivity index (χ0) is 9.84. The average molecular weight is 245 g/mol. The minimum absolute atomic E-state index is 0.189. The summed E-state index contributed by atoms with van der Waals surface area (Å²) in [6.45, 7) is 1.82. The lowest BCUT2D eigenvalue weighted by Crippen LogP contribution is -2.14. The molecule has 0 heterocycles. The van der Waals surface area contributed by atoms with Gasteiger partial charge in [0.25, 0.3) is 0 Å². The Hall–Kier alpha value is -0.380. The molecule has 3 heteroatoms. The van der Waals surface area contributed by atoms with E-state index in [9.17, 15) is 5.11 Å². The van der Waals surface area contributed by atoms with Gasteiger partial charge in [-0.1, -0.05) is 28.1 Å². The summed E-state index contributed by atoms with van der Waals surface area (Å²) < 4.78 is 1.04. The second-order valence-electron chi connectivity index (χ2n) is 3.12. The maximum Gasteiger partial charge on any atom is 0.0811 e. The molecule has 2 N–H and O–H groups in total. The van der Waals surface area contributed by atoms with Crippen molar-refractivity contribution in [2.45, 2.75) is 19.4 Å². The molecule has 1 aromatic carbocycles. The van der Waals surface area contributed by atoms with Crippen molar-refractivity contribution in [3.8, 4) is 0 Å². The van der Waals surface area contributed by atoms with E-state index in [4.69, 9.17) is 5.11 Å². The lowest BCUT2D eigenvalue weighted by molar-refractivity contribution is 0.0955. The SMILES string of the molecule is Cc1ccc(CC(O)CO)cc1Br. The van der Waals surface area contributed by atoms with E-state index in [1.54, 1.807) is 0 Å². The lowest BCUT2D eigenvalue weighted by Gasteiger charge is -2.08. The average Bonchev–Trinajstić information content (AvgIpc) is 2.11. The van der Waals surface area contributed by atoms with Gasteiger partial charge in [-0.25, -0.2) is 0 Å². The molecule has 0 saturated carbocycles. The van der Waals surface area contributed by atoms with Gasteiger partial charge in [0.1, 0.15) is 0 Å². The monoisotopic (exact) mass is 244 g/mol. The summed E-state index contributed by atoms with van der Waals surface area (Å²) in [6.07, 6.45) is -0.162. The summed E-state index contributed by atoms with van der Waals surface area (Å²) in [6, 6.07) is 5.91. The number of rotatable bonds is 3. The molecular weight excluding hydrogens is 232 g/mol. The number of aliphatic hydroxyl groups excluding tert-OH is 2. The Morgan fingerprint density at radius 2 is 2.15 bits per heavy atom. The third-order valence-electron chi connectivity index (χ3n) is 1.92. The van der Waals surface area contributed by atoms with Crippen molar-refractivity contribution in [3.63, 3.8) is 0 Å². The molecule has 2 nitrogen and oxygen atoms in total. The molecule has 0 amide bonds. The number of hydrogen-bond donors (Lipinski definition) is 2. The highest BCUT2D eigenvalue weighted by Gasteiger charge is 2.04. The Kier molecular flexibility index (Phi) is 3.90. The van der Waals surface area contributed by atoms with E-state index >= 15 is 0 Å². The number of halogens is 1. The van der Waals surface area contributed by atoms with Crippen LogP contribution in [0, 0.1) is 6.92 Å². The number of aryl methyl sites for hydroxylation is 1. The minimum atomic E-state index is -0.658. The zero-order valence-corrected chi connectivity index (χ0v) is 9.08. The first-order valence-corrected chi connectivity index (χ1v) is 4.96. The molecule has 1 aromatic rings. The summed E-state index contributed by atoms with van der Waals surface area (Å²) in [5.41, 5.74) is 2.20. The van der Waals surface area contributed by atoms with Crippen LogP contribution in [0.25, 0.3) is 0 Å². The molecule has 72 valence electrons. The van der Waals surface area contributed by atoms with Crippen LogP contribution in [0.4, 0.5) is 0 Å². The Bertz CT molecular complexity index is 286. The minimum Gasteiger partial charge on any atom is -0.394 e. The third-order valence-corrected chi connectivity index (χ3v) is 2.77. The van der Waals surface area contributed by atoms with Crippen molar-refractivity contribution >= 4 is 15.9 Å². The van der Waals surface area contributed by atoms with Crippen LogP contribution in [0.2, 0.25) is 0 Å². The summed E-state index contributed by atoms with van der Waals surface area (Å²) in [4.78, 5) is 0. The van der Waals surface area contributed by atoms with Crippen LogP contribution in [-0.4, -0.2) is 22.9 Å². The molecule has 0 fully saturated rings. The number of benzene rings is 1. The topological polar surface area (TPSA) is 40.5 Å². The van der Waals surface area contributed by atoms with E-state index in [1.165, 1.54) is 5.56 Å². The highest BCUT2D eigenvalue weighted by Crippen LogP contribution is 2.18. The summed E-state index contributed by atoms with van der Waals surface area (Å²) in [5, 5.41) is 17.9. The van der Waals surface area contributed by atoms with Crippen molar-refractivity contribution in [2.24, 2.45) is 0 Å². The summed E-state index contributed by atoms with van der Waals surface area (Å²) in [5.74, 6) is 0. The smallest absolute Gasteiger partial charge is 0.0811 e. The van der Waals surface area contributed by atoms with Gasteiger partial charge in [0.05, 0.1) is 12.7 Å². The van der Waals surface area contributed by atoms with Crippen LogP contribution in [0.5, 0.6) is 0 Å². The molecule has 0 aliphatic heterocycles. The van der Waals surface area contributed by atoms with E-state index in [-0.39, 0.29) is 6.61 Å². The molecule has 0 aliphatic carbocycles. The Morgan fingerprint density at radius 3 is 2.69 bits per heavy atom. The summed E-state index contributed by atoms with van der Waals surface area (Å²) >= 11 is 3.41. The highest BCUT2D eigenvalue weighted by molar-refractivity contribution is 9.10. The second kappa shape index (κ2) is 4.74. The van der Waals surface area contributed by atoms with E-state index in [2.05, 4.69) is 15.9 Å². The van der Waals surface area contributed by atoms with Gasteiger partial charge in [0.2, 0.25) is 0 Å². The lowest BCUT2D eigenvalue weighted by atomic mass is 10.1. The molecule has 13 heavy (non-hydrogen) atoms. The van der Waals surface area contributed by atoms with Gasteiger partial charge in [-0.15, -0.1) is 0 Å². The fraction of sp³-hybridized carbons (Fsp3) is 0.400. The van der Waals surface area contributed by atoms with Crippen molar-refractivity contribution in [2.75, 3.05) is 6.61 Å². The van der Waals surface area contributed by atoms with Gasteiger partial charge < -0.3 is 10.2 Å². The first-order chi connectivity index (χ1) is 6.13. The van der Waals surface area contributed by atoms with Gasteiger partial charge in [-0.3, -0.25) is 0 Å². The largest absolute Gasteiger partial charge is 0.394 e. The molecule has 1 unspecified atom stereocenters. The fourth-order valence-electron chi connectivity index (χ4n) is 1.10. The van der Waals surface area contributed by atoms with Gasteiger partial charge >= 0.3 is 0 Å². The fourth-order valence-corrected chi connectivity index (χ4v) is 1.53. The molecule has 0 aliphatic rings. The first kappa shape index (κ1) is 10.7. The molecule has 1 atom stereocenters. The molecule has 0 bridgehead atoms. The molecule has 0 spiro atoms. The predicted molar refractivity (Wildman–Crippen MR) is 55.7 cm³/mol. The van der Waals surface area contributed by atoms with E-state index in [0.717, 1.165) is 10.0 Å². The molecule has 0 aromatic heterocycles. The van der Waals surface area contributed by atoms with E-state index in [1.807, 2.05) is 25.1 Å². The molecule has 0 radical (unpaired) electrons. The Morgan fingerprint density at radius 1 is 1.46 bits per heavy atom. The summed E-state index contributed by atoms with van der Waals surface area (Å²) in [7, 11) is 0. The molecular formula is C10H13BrO2. The van der Waals surface area contributed by atoms with Crippen LogP contribution in [-0.2, 0) is 6.42 Å². The van der Waals surface area contributed by atoms with E-state index < -0.39 is 6.10 Å². The van der Waals surface area contributed by atoms with Crippen LogP contribution >= 0.6 is 15.9 Å². The molecule has 1 rings (SSSR count). The van der Waals surface area contributed by atoms with E-state index in [0.29, 0.717) is 6.42 Å². The molecule has 0 saturated heterocycles. The van der Waals surface area contributed by atoms with Crippen LogP contribution in [0.1, 0.15) is 11.1 Å². The van der Waals surface area contributed by atoms with Gasteiger partial charge in [-0.05, 0) is 24.1 Å². The van der Waals surface area contributed by atoms with Gasteiger partial charge in [0.15, 0.2) is 0 Å². The second-order valence-corrected chi connectivity index (χ2v) is 3.98. The Balaban J connectivity index is 2.73. The first-order valence-electron chi connectivity index (χ1n) is 4.17. The predicted octanol–water partition coefficient (Wildman–Crippen LogP) is 1.65. The normalized spacial score (nSPS) is 12.9. The van der Waals surface area contributed by atoms with Crippen molar-refractivity contribution in [3.05, 3.63) is 33.8 Å². The Labute approximate surface area is 86.3 Å². The third kappa shape index (κ3) is 3.10. The maximum absolute atomic E-state index is 9.21. The van der Waals surface area contributed by atoms with Crippen LogP contribution < -0.4 is 0 Å². The quantitative estimate of drug-likeness (QED) is 0.850. The van der Waals surface area contributed by atoms with Crippen molar-refractivity contribution in [1.29, 1.82) is 0 Å².